The van der Waals surface area contributed by atoms with Crippen LogP contribution in [0.4, 0.5) is 0 Å². The van der Waals surface area contributed by atoms with E-state index in [4.69, 9.17) is 5.11 Å². The Morgan fingerprint density at radius 1 is 1.19 bits per heavy atom. The molecule has 1 aromatic carbocycles. The lowest BCUT2D eigenvalue weighted by Crippen LogP contribution is -2.06. The number of hydrogen-bond donors (Lipinski definition) is 2. The van der Waals surface area contributed by atoms with Crippen LogP contribution in [0.25, 0.3) is 0 Å². The number of benzene rings is 1. The Bertz CT molecular complexity index is 412. The maximum Gasteiger partial charge on any atom is 0.303 e. The van der Waals surface area contributed by atoms with Crippen LogP contribution in [0.3, 0.4) is 0 Å². The summed E-state index contributed by atoms with van der Waals surface area (Å²) in [5, 5.41) is 18.1. The van der Waals surface area contributed by atoms with E-state index in [0.29, 0.717) is 5.56 Å². The first-order valence-corrected chi connectivity index (χ1v) is 4.97. The molecule has 0 amide bonds. The van der Waals surface area contributed by atoms with Crippen molar-refractivity contribution in [3.8, 4) is 5.75 Å². The maximum absolute atomic E-state index is 11.7. The lowest BCUT2D eigenvalue weighted by Gasteiger charge is -2.08. The molecule has 0 atom stereocenters. The Morgan fingerprint density at radius 2 is 1.81 bits per heavy atom. The zero-order chi connectivity index (χ0) is 12.3. The van der Waals surface area contributed by atoms with Crippen molar-refractivity contribution >= 4 is 11.8 Å². The van der Waals surface area contributed by atoms with Gasteiger partial charge in [-0.15, -0.1) is 0 Å². The summed E-state index contributed by atoms with van der Waals surface area (Å²) in [6.45, 7) is 3.54. The minimum absolute atomic E-state index is 0.0760. The minimum Gasteiger partial charge on any atom is -0.507 e. The number of aryl methyl sites for hydroxylation is 2. The van der Waals surface area contributed by atoms with E-state index >= 15 is 0 Å². The van der Waals surface area contributed by atoms with Gasteiger partial charge in [0, 0.05) is 6.42 Å². The standard InChI is InChI=1S/C12H14O4/c1-7-5-8(2)12(10(14)6-7)9(13)3-4-11(15)16/h5-6,14H,3-4H2,1-2H3,(H,15,16). The summed E-state index contributed by atoms with van der Waals surface area (Å²) in [5.74, 6) is -1.43. The molecule has 0 aliphatic rings. The van der Waals surface area contributed by atoms with E-state index in [9.17, 15) is 14.7 Å². The normalized spacial score (nSPS) is 10.1. The van der Waals surface area contributed by atoms with Crippen molar-refractivity contribution in [1.29, 1.82) is 0 Å². The molecule has 1 aromatic rings. The average molecular weight is 222 g/mol. The highest BCUT2D eigenvalue weighted by Crippen LogP contribution is 2.24. The summed E-state index contributed by atoms with van der Waals surface area (Å²) < 4.78 is 0. The molecule has 1 rings (SSSR count). The molecule has 0 fully saturated rings. The third-order valence-electron chi connectivity index (χ3n) is 2.30. The fraction of sp³-hybridized carbons (Fsp3) is 0.333. The minimum atomic E-state index is -1.02. The van der Waals surface area contributed by atoms with Crippen molar-refractivity contribution in [3.05, 3.63) is 28.8 Å². The molecule has 2 N–H and O–H groups in total. The van der Waals surface area contributed by atoms with E-state index in [0.717, 1.165) is 5.56 Å². The third-order valence-corrected chi connectivity index (χ3v) is 2.30. The fourth-order valence-electron chi connectivity index (χ4n) is 1.65. The van der Waals surface area contributed by atoms with Gasteiger partial charge in [-0.3, -0.25) is 9.59 Å². The van der Waals surface area contributed by atoms with Crippen LogP contribution >= 0.6 is 0 Å². The van der Waals surface area contributed by atoms with Crippen molar-refractivity contribution in [1.82, 2.24) is 0 Å². The summed E-state index contributed by atoms with van der Waals surface area (Å²) in [7, 11) is 0. The summed E-state index contributed by atoms with van der Waals surface area (Å²) in [6, 6.07) is 3.29. The average Bonchev–Trinajstić information content (AvgIpc) is 2.12. The number of phenols is 1. The molecule has 0 saturated carbocycles. The molecule has 0 unspecified atom stereocenters. The van der Waals surface area contributed by atoms with Gasteiger partial charge in [0.2, 0.25) is 0 Å². The number of rotatable bonds is 4. The second-order valence-corrected chi connectivity index (χ2v) is 3.79. The van der Waals surface area contributed by atoms with E-state index in [1.54, 1.807) is 13.0 Å². The molecule has 0 spiro atoms. The van der Waals surface area contributed by atoms with Crippen molar-refractivity contribution in [2.45, 2.75) is 26.7 Å². The first kappa shape index (κ1) is 12.2. The summed E-state index contributed by atoms with van der Waals surface area (Å²) >= 11 is 0. The Kier molecular flexibility index (Phi) is 3.66. The zero-order valence-electron chi connectivity index (χ0n) is 9.28. The lowest BCUT2D eigenvalue weighted by atomic mass is 9.98. The molecule has 0 bridgehead atoms. The van der Waals surface area contributed by atoms with Crippen LogP contribution in [0.2, 0.25) is 0 Å². The number of carbonyl (C=O) groups is 2. The highest BCUT2D eigenvalue weighted by molar-refractivity contribution is 6.01. The first-order chi connectivity index (χ1) is 7.41. The Labute approximate surface area is 93.5 Å². The number of Topliss-reactive ketones (excluding diaryl/α,β-unsaturated/α-hetero) is 1. The molecule has 4 nitrogen and oxygen atoms in total. The second-order valence-electron chi connectivity index (χ2n) is 3.79. The van der Waals surface area contributed by atoms with Crippen molar-refractivity contribution in [2.75, 3.05) is 0 Å². The molecule has 0 heterocycles. The van der Waals surface area contributed by atoms with Gasteiger partial charge in [-0.25, -0.2) is 0 Å². The SMILES string of the molecule is Cc1cc(C)c(C(=O)CCC(=O)O)c(O)c1. The number of carboxylic acids is 1. The fourth-order valence-corrected chi connectivity index (χ4v) is 1.65. The molecule has 0 aliphatic carbocycles. The number of carboxylic acid groups (broad SMARTS) is 1. The highest BCUT2D eigenvalue weighted by Gasteiger charge is 2.15. The lowest BCUT2D eigenvalue weighted by molar-refractivity contribution is -0.136. The van der Waals surface area contributed by atoms with Crippen molar-refractivity contribution < 1.29 is 19.8 Å². The van der Waals surface area contributed by atoms with E-state index in [1.165, 1.54) is 6.07 Å². The quantitative estimate of drug-likeness (QED) is 0.764. The van der Waals surface area contributed by atoms with Crippen molar-refractivity contribution in [2.24, 2.45) is 0 Å². The predicted molar refractivity (Wildman–Crippen MR) is 58.8 cm³/mol. The molecule has 16 heavy (non-hydrogen) atoms. The monoisotopic (exact) mass is 222 g/mol. The van der Waals surface area contributed by atoms with Gasteiger partial charge in [0.15, 0.2) is 5.78 Å². The van der Waals surface area contributed by atoms with Crippen LogP contribution in [-0.4, -0.2) is 22.0 Å². The van der Waals surface area contributed by atoms with Crippen LogP contribution < -0.4 is 0 Å². The van der Waals surface area contributed by atoms with Crippen LogP contribution in [0.5, 0.6) is 5.75 Å². The molecule has 0 aliphatic heterocycles. The van der Waals surface area contributed by atoms with E-state index in [-0.39, 0.29) is 29.9 Å². The second kappa shape index (κ2) is 4.79. The van der Waals surface area contributed by atoms with Crippen LogP contribution in [0, 0.1) is 13.8 Å². The zero-order valence-corrected chi connectivity index (χ0v) is 9.28. The number of hydrogen-bond acceptors (Lipinski definition) is 3. The predicted octanol–water partition coefficient (Wildman–Crippen LogP) is 2.06. The number of phenolic OH excluding ortho intramolecular Hbond substituents is 1. The molecule has 4 heteroatoms. The summed E-state index contributed by atoms with van der Waals surface area (Å²) in [4.78, 5) is 22.0. The molecule has 0 radical (unpaired) electrons. The summed E-state index contributed by atoms with van der Waals surface area (Å²) in [5.41, 5.74) is 1.77. The number of carbonyl (C=O) groups excluding carboxylic acids is 1. The van der Waals surface area contributed by atoms with Gasteiger partial charge in [0.25, 0.3) is 0 Å². The molecule has 86 valence electrons. The smallest absolute Gasteiger partial charge is 0.303 e. The molecular formula is C12H14O4. The van der Waals surface area contributed by atoms with Gasteiger partial charge in [-0.05, 0) is 31.0 Å². The van der Waals surface area contributed by atoms with E-state index in [1.807, 2.05) is 6.92 Å². The first-order valence-electron chi connectivity index (χ1n) is 4.97. The Hall–Kier alpha value is -1.84. The Morgan fingerprint density at radius 3 is 2.31 bits per heavy atom. The van der Waals surface area contributed by atoms with Gasteiger partial charge in [-0.2, -0.15) is 0 Å². The molecule has 0 saturated heterocycles. The van der Waals surface area contributed by atoms with Gasteiger partial charge in [0.05, 0.1) is 12.0 Å². The Balaban J connectivity index is 2.95. The topological polar surface area (TPSA) is 74.6 Å². The van der Waals surface area contributed by atoms with Gasteiger partial charge >= 0.3 is 5.97 Å². The molecular weight excluding hydrogens is 208 g/mol. The highest BCUT2D eigenvalue weighted by atomic mass is 16.4. The van der Waals surface area contributed by atoms with Gasteiger partial charge in [0.1, 0.15) is 5.75 Å². The maximum atomic E-state index is 11.7. The van der Waals surface area contributed by atoms with Crippen LogP contribution in [-0.2, 0) is 4.79 Å². The van der Waals surface area contributed by atoms with Crippen LogP contribution in [0.1, 0.15) is 34.3 Å². The van der Waals surface area contributed by atoms with E-state index < -0.39 is 5.97 Å². The number of aromatic hydroxyl groups is 1. The number of aliphatic carboxylic acids is 1. The molecule has 0 aromatic heterocycles. The van der Waals surface area contributed by atoms with Gasteiger partial charge in [-0.1, -0.05) is 6.07 Å². The van der Waals surface area contributed by atoms with Crippen molar-refractivity contribution in [3.63, 3.8) is 0 Å². The van der Waals surface area contributed by atoms with E-state index in [2.05, 4.69) is 0 Å². The van der Waals surface area contributed by atoms with Gasteiger partial charge < -0.3 is 10.2 Å². The van der Waals surface area contributed by atoms with Crippen LogP contribution in [0.15, 0.2) is 12.1 Å². The summed E-state index contributed by atoms with van der Waals surface area (Å²) in [6.07, 6.45) is -0.307. The largest absolute Gasteiger partial charge is 0.507 e. The third kappa shape index (κ3) is 2.82. The number of ketones is 1.